The summed E-state index contributed by atoms with van der Waals surface area (Å²) < 4.78 is 0. The van der Waals surface area contributed by atoms with E-state index in [0.717, 1.165) is 11.1 Å². The minimum atomic E-state index is -0.219. The summed E-state index contributed by atoms with van der Waals surface area (Å²) in [6.07, 6.45) is 1.04. The molecular weight excluding hydrogens is 230 g/mol. The highest BCUT2D eigenvalue weighted by Crippen LogP contribution is 2.28. The third-order valence-corrected chi connectivity index (χ3v) is 3.06. The van der Waals surface area contributed by atoms with Gasteiger partial charge < -0.3 is 11.1 Å². The summed E-state index contributed by atoms with van der Waals surface area (Å²) >= 11 is 0. The van der Waals surface area contributed by atoms with E-state index in [0.29, 0.717) is 25.1 Å². The van der Waals surface area contributed by atoms with E-state index in [9.17, 15) is 9.59 Å². The molecule has 0 aromatic heterocycles. The molecule has 0 radical (unpaired) electrons. The van der Waals surface area contributed by atoms with Gasteiger partial charge in [-0.25, -0.2) is 4.90 Å². The van der Waals surface area contributed by atoms with Gasteiger partial charge in [-0.05, 0) is 30.7 Å². The van der Waals surface area contributed by atoms with Crippen molar-refractivity contribution < 1.29 is 9.59 Å². The van der Waals surface area contributed by atoms with Crippen molar-refractivity contribution in [1.82, 2.24) is 5.32 Å². The molecule has 0 saturated heterocycles. The van der Waals surface area contributed by atoms with E-state index in [1.54, 1.807) is 7.05 Å². The normalized spacial score (nSPS) is 14.6. The molecule has 1 heterocycles. The summed E-state index contributed by atoms with van der Waals surface area (Å²) in [5.41, 5.74) is 8.33. The summed E-state index contributed by atoms with van der Waals surface area (Å²) in [7, 11) is 1.69. The number of carbonyl (C=O) groups is 2. The molecule has 0 bridgehead atoms. The predicted molar refractivity (Wildman–Crippen MR) is 69.1 cm³/mol. The molecular formula is C13H17N3O2. The van der Waals surface area contributed by atoms with Crippen LogP contribution in [0.25, 0.3) is 0 Å². The summed E-state index contributed by atoms with van der Waals surface area (Å²) in [6, 6.07) is 5.64. The fourth-order valence-electron chi connectivity index (χ4n) is 2.18. The number of anilines is 1. The van der Waals surface area contributed by atoms with Gasteiger partial charge in [0.1, 0.15) is 0 Å². The molecule has 0 spiro atoms. The van der Waals surface area contributed by atoms with Crippen molar-refractivity contribution in [3.05, 3.63) is 29.3 Å². The lowest BCUT2D eigenvalue weighted by molar-refractivity contribution is -0.126. The molecule has 0 atom stereocenters. The zero-order valence-electron chi connectivity index (χ0n) is 10.4. The number of aryl methyl sites for hydroxylation is 1. The molecule has 5 heteroatoms. The molecule has 18 heavy (non-hydrogen) atoms. The van der Waals surface area contributed by atoms with Crippen molar-refractivity contribution in [2.45, 2.75) is 19.4 Å². The molecule has 0 fully saturated rings. The molecule has 1 aromatic carbocycles. The number of hydrogen-bond donors (Lipinski definition) is 2. The molecule has 1 aliphatic heterocycles. The topological polar surface area (TPSA) is 75.4 Å². The lowest BCUT2D eigenvalue weighted by atomic mass is 9.98. The average molecular weight is 247 g/mol. The first-order valence-electron chi connectivity index (χ1n) is 5.99. The highest BCUT2D eigenvalue weighted by Gasteiger charge is 2.28. The van der Waals surface area contributed by atoms with Crippen LogP contribution in [0, 0.1) is 0 Å². The average Bonchev–Trinajstić information content (AvgIpc) is 2.38. The van der Waals surface area contributed by atoms with Gasteiger partial charge >= 0.3 is 0 Å². The molecule has 2 amide bonds. The Hall–Kier alpha value is -1.72. The number of amides is 2. The van der Waals surface area contributed by atoms with Crippen molar-refractivity contribution in [2.24, 2.45) is 5.73 Å². The Labute approximate surface area is 106 Å². The van der Waals surface area contributed by atoms with Crippen LogP contribution in [-0.2, 0) is 22.6 Å². The van der Waals surface area contributed by atoms with Gasteiger partial charge in [-0.15, -0.1) is 0 Å². The number of nitrogens with zero attached hydrogens (tertiary/aromatic N) is 1. The second kappa shape index (κ2) is 5.29. The Morgan fingerprint density at radius 3 is 2.89 bits per heavy atom. The van der Waals surface area contributed by atoms with Crippen molar-refractivity contribution >= 4 is 17.5 Å². The Kier molecular flexibility index (Phi) is 3.74. The van der Waals surface area contributed by atoms with E-state index in [2.05, 4.69) is 5.32 Å². The zero-order chi connectivity index (χ0) is 13.1. The van der Waals surface area contributed by atoms with E-state index in [-0.39, 0.29) is 18.4 Å². The molecule has 2 rings (SSSR count). The number of rotatable bonds is 3. The molecule has 1 aliphatic rings. The fourth-order valence-corrected chi connectivity index (χ4v) is 2.18. The van der Waals surface area contributed by atoms with Crippen LogP contribution in [0.3, 0.4) is 0 Å². The Balaban J connectivity index is 2.38. The highest BCUT2D eigenvalue weighted by atomic mass is 16.2. The maximum Gasteiger partial charge on any atom is 0.247 e. The number of benzene rings is 1. The SMILES string of the molecule is CNCC(=O)N1C(=O)CCc2cc(CN)ccc21. The third-order valence-electron chi connectivity index (χ3n) is 3.06. The van der Waals surface area contributed by atoms with Crippen molar-refractivity contribution in [2.75, 3.05) is 18.5 Å². The Morgan fingerprint density at radius 2 is 2.22 bits per heavy atom. The van der Waals surface area contributed by atoms with Crippen LogP contribution in [-0.4, -0.2) is 25.4 Å². The first kappa shape index (κ1) is 12.7. The van der Waals surface area contributed by atoms with Crippen molar-refractivity contribution in [1.29, 1.82) is 0 Å². The lowest BCUT2D eigenvalue weighted by Gasteiger charge is -2.28. The minimum absolute atomic E-state index is 0.136. The van der Waals surface area contributed by atoms with Gasteiger partial charge in [-0.3, -0.25) is 9.59 Å². The Bertz CT molecular complexity index is 485. The van der Waals surface area contributed by atoms with Gasteiger partial charge in [-0.1, -0.05) is 12.1 Å². The van der Waals surface area contributed by atoms with Crippen LogP contribution in [0.2, 0.25) is 0 Å². The van der Waals surface area contributed by atoms with Crippen molar-refractivity contribution in [3.8, 4) is 0 Å². The smallest absolute Gasteiger partial charge is 0.247 e. The first-order chi connectivity index (χ1) is 8.67. The van der Waals surface area contributed by atoms with Crippen molar-refractivity contribution in [3.63, 3.8) is 0 Å². The zero-order valence-corrected chi connectivity index (χ0v) is 10.4. The molecule has 0 unspecified atom stereocenters. The third kappa shape index (κ3) is 2.27. The van der Waals surface area contributed by atoms with Crippen LogP contribution in [0.4, 0.5) is 5.69 Å². The van der Waals surface area contributed by atoms with Crippen LogP contribution in [0.5, 0.6) is 0 Å². The second-order valence-corrected chi connectivity index (χ2v) is 4.32. The molecule has 5 nitrogen and oxygen atoms in total. The largest absolute Gasteiger partial charge is 0.326 e. The van der Waals surface area contributed by atoms with E-state index in [1.165, 1.54) is 4.90 Å². The Morgan fingerprint density at radius 1 is 1.44 bits per heavy atom. The summed E-state index contributed by atoms with van der Waals surface area (Å²) in [5.74, 6) is -0.354. The van der Waals surface area contributed by atoms with Gasteiger partial charge in [0, 0.05) is 13.0 Å². The lowest BCUT2D eigenvalue weighted by Crippen LogP contribution is -2.44. The number of hydrogen-bond acceptors (Lipinski definition) is 4. The number of carbonyl (C=O) groups excluding carboxylic acids is 2. The quantitative estimate of drug-likeness (QED) is 0.798. The minimum Gasteiger partial charge on any atom is -0.326 e. The first-order valence-corrected chi connectivity index (χ1v) is 5.99. The molecule has 96 valence electrons. The van der Waals surface area contributed by atoms with E-state index >= 15 is 0 Å². The van der Waals surface area contributed by atoms with Crippen LogP contribution >= 0.6 is 0 Å². The van der Waals surface area contributed by atoms with Crippen LogP contribution < -0.4 is 16.0 Å². The molecule has 3 N–H and O–H groups in total. The predicted octanol–water partition coefficient (Wildman–Crippen LogP) is 0.171. The van der Waals surface area contributed by atoms with E-state index in [1.807, 2.05) is 18.2 Å². The fraction of sp³-hybridized carbons (Fsp3) is 0.385. The van der Waals surface area contributed by atoms with E-state index in [4.69, 9.17) is 5.73 Å². The monoisotopic (exact) mass is 247 g/mol. The number of imide groups is 1. The second-order valence-electron chi connectivity index (χ2n) is 4.32. The standard InChI is InChI=1S/C13H17N3O2/c1-15-8-13(18)16-11-4-2-9(7-14)6-10(11)3-5-12(16)17/h2,4,6,15H,3,5,7-8,14H2,1H3. The number of likely N-dealkylation sites (N-methyl/N-ethyl adjacent to an activating group) is 1. The number of fused-ring (bicyclic) bond motifs is 1. The van der Waals surface area contributed by atoms with Gasteiger partial charge in [0.25, 0.3) is 0 Å². The summed E-state index contributed by atoms with van der Waals surface area (Å²) in [4.78, 5) is 25.1. The van der Waals surface area contributed by atoms with Crippen LogP contribution in [0.15, 0.2) is 18.2 Å². The van der Waals surface area contributed by atoms with Gasteiger partial charge in [-0.2, -0.15) is 0 Å². The molecule has 1 aromatic rings. The molecule has 0 saturated carbocycles. The van der Waals surface area contributed by atoms with Gasteiger partial charge in [0.2, 0.25) is 11.8 Å². The van der Waals surface area contributed by atoms with Gasteiger partial charge in [0.05, 0.1) is 12.2 Å². The molecule has 0 aliphatic carbocycles. The van der Waals surface area contributed by atoms with Gasteiger partial charge in [0.15, 0.2) is 0 Å². The number of nitrogens with one attached hydrogen (secondary N) is 1. The summed E-state index contributed by atoms with van der Waals surface area (Å²) in [5, 5.41) is 2.78. The maximum atomic E-state index is 11.9. The van der Waals surface area contributed by atoms with Crippen LogP contribution in [0.1, 0.15) is 17.5 Å². The number of nitrogens with two attached hydrogens (primary N) is 1. The maximum absolute atomic E-state index is 11.9. The highest BCUT2D eigenvalue weighted by molar-refractivity contribution is 6.17. The summed E-state index contributed by atoms with van der Waals surface area (Å²) in [6.45, 7) is 0.621. The van der Waals surface area contributed by atoms with E-state index < -0.39 is 0 Å².